The second-order valence-electron chi connectivity index (χ2n) is 5.25. The van der Waals surface area contributed by atoms with Gasteiger partial charge in [0.05, 0.1) is 12.2 Å². The first-order chi connectivity index (χ1) is 9.72. The van der Waals surface area contributed by atoms with Gasteiger partial charge in [0.1, 0.15) is 5.52 Å². The third-order valence-corrected chi connectivity index (χ3v) is 3.81. The average molecular weight is 266 g/mol. The van der Waals surface area contributed by atoms with Gasteiger partial charge >= 0.3 is 0 Å². The lowest BCUT2D eigenvalue weighted by atomic mass is 10.0. The van der Waals surface area contributed by atoms with Crippen molar-refractivity contribution in [3.63, 3.8) is 0 Å². The number of hydrogen-bond donors (Lipinski definition) is 1. The number of rotatable bonds is 1. The van der Waals surface area contributed by atoms with Gasteiger partial charge < -0.3 is 4.42 Å². The lowest BCUT2D eigenvalue weighted by molar-refractivity contribution is 0.259. The molecule has 1 atom stereocenters. The maximum Gasteiger partial charge on any atom is 0.227 e. The minimum Gasteiger partial charge on any atom is -0.436 e. The van der Waals surface area contributed by atoms with Crippen molar-refractivity contribution in [3.8, 4) is 11.5 Å². The summed E-state index contributed by atoms with van der Waals surface area (Å²) in [5.41, 5.74) is 4.44. The number of hydrogen-bond acceptors (Lipinski definition) is 4. The molecule has 4 rings (SSSR count). The van der Waals surface area contributed by atoms with Crippen molar-refractivity contribution >= 4 is 16.8 Å². The second kappa shape index (κ2) is 4.08. The van der Waals surface area contributed by atoms with Crippen molar-refractivity contribution in [1.29, 1.82) is 0 Å². The number of hydroxylamine groups is 1. The fourth-order valence-electron chi connectivity index (χ4n) is 2.76. The molecule has 2 aromatic carbocycles. The number of aromatic nitrogens is 1. The molecule has 0 saturated heterocycles. The summed E-state index contributed by atoms with van der Waals surface area (Å²) in [6, 6.07) is 13.7. The zero-order valence-corrected chi connectivity index (χ0v) is 11.1. The predicted molar refractivity (Wildman–Crippen MR) is 77.0 cm³/mol. The number of oxazole rings is 1. The Labute approximate surface area is 116 Å². The van der Waals surface area contributed by atoms with E-state index < -0.39 is 0 Å². The van der Waals surface area contributed by atoms with Gasteiger partial charge in [-0.05, 0) is 23.8 Å². The normalized spacial score (nSPS) is 17.7. The van der Waals surface area contributed by atoms with E-state index in [0.717, 1.165) is 22.3 Å². The number of nitrogens with zero attached hydrogens (tertiary/aromatic N) is 2. The Morgan fingerprint density at radius 3 is 2.85 bits per heavy atom. The molecule has 4 nitrogen and oxygen atoms in total. The maximum absolute atomic E-state index is 9.91. The molecule has 1 aromatic heterocycles. The van der Waals surface area contributed by atoms with Crippen molar-refractivity contribution in [3.05, 3.63) is 48.0 Å². The van der Waals surface area contributed by atoms with E-state index >= 15 is 0 Å². The summed E-state index contributed by atoms with van der Waals surface area (Å²) in [6.07, 6.45) is 0. The van der Waals surface area contributed by atoms with Crippen LogP contribution in [0.4, 0.5) is 5.69 Å². The van der Waals surface area contributed by atoms with Gasteiger partial charge in [0.25, 0.3) is 0 Å². The van der Waals surface area contributed by atoms with Gasteiger partial charge in [-0.25, -0.2) is 4.98 Å². The Hall–Kier alpha value is -2.33. The molecule has 0 saturated carbocycles. The van der Waals surface area contributed by atoms with Crippen molar-refractivity contribution in [2.75, 3.05) is 11.6 Å². The van der Waals surface area contributed by atoms with Gasteiger partial charge in [-0.1, -0.05) is 25.1 Å². The van der Waals surface area contributed by atoms with E-state index in [2.05, 4.69) is 11.9 Å². The van der Waals surface area contributed by atoms with E-state index in [9.17, 15) is 5.21 Å². The lowest BCUT2D eigenvalue weighted by Gasteiger charge is -2.08. The molecule has 1 aliphatic heterocycles. The van der Waals surface area contributed by atoms with E-state index in [0.29, 0.717) is 23.9 Å². The van der Waals surface area contributed by atoms with Gasteiger partial charge in [-0.3, -0.25) is 10.3 Å². The molecule has 1 N–H and O–H groups in total. The predicted octanol–water partition coefficient (Wildman–Crippen LogP) is 3.81. The van der Waals surface area contributed by atoms with Gasteiger partial charge in [-0.15, -0.1) is 0 Å². The SMILES string of the molecule is CC1CN(O)c2cc3oc(-c4ccccc4)nc3cc21. The first kappa shape index (κ1) is 11.5. The fourth-order valence-corrected chi connectivity index (χ4v) is 2.76. The van der Waals surface area contributed by atoms with Crippen LogP contribution in [0.2, 0.25) is 0 Å². The fraction of sp³-hybridized carbons (Fsp3) is 0.188. The van der Waals surface area contributed by atoms with Gasteiger partial charge in [0, 0.05) is 17.5 Å². The Kier molecular flexibility index (Phi) is 2.35. The van der Waals surface area contributed by atoms with Crippen molar-refractivity contribution in [1.82, 2.24) is 4.98 Å². The largest absolute Gasteiger partial charge is 0.436 e. The molecule has 2 heterocycles. The van der Waals surface area contributed by atoms with Crippen LogP contribution in [0.3, 0.4) is 0 Å². The highest BCUT2D eigenvalue weighted by molar-refractivity contribution is 5.83. The molecule has 0 aliphatic carbocycles. The monoisotopic (exact) mass is 266 g/mol. The molecular weight excluding hydrogens is 252 g/mol. The first-order valence-corrected chi connectivity index (χ1v) is 6.68. The van der Waals surface area contributed by atoms with Crippen molar-refractivity contribution < 1.29 is 9.62 Å². The third-order valence-electron chi connectivity index (χ3n) is 3.81. The number of fused-ring (bicyclic) bond motifs is 2. The summed E-state index contributed by atoms with van der Waals surface area (Å²) in [5.74, 6) is 0.915. The second-order valence-corrected chi connectivity index (χ2v) is 5.25. The molecule has 0 fully saturated rings. The average Bonchev–Trinajstić information content (AvgIpc) is 3.00. The molecule has 1 aliphatic rings. The van der Waals surface area contributed by atoms with Crippen LogP contribution in [0.5, 0.6) is 0 Å². The zero-order chi connectivity index (χ0) is 13.7. The molecule has 4 heteroatoms. The Balaban J connectivity index is 1.89. The highest BCUT2D eigenvalue weighted by Gasteiger charge is 2.26. The van der Waals surface area contributed by atoms with Crippen LogP contribution in [0.15, 0.2) is 46.9 Å². The Morgan fingerprint density at radius 1 is 1.25 bits per heavy atom. The number of anilines is 1. The van der Waals surface area contributed by atoms with Crippen LogP contribution in [-0.2, 0) is 0 Å². The summed E-state index contributed by atoms with van der Waals surface area (Å²) in [4.78, 5) is 4.55. The van der Waals surface area contributed by atoms with Crippen LogP contribution in [0, 0.1) is 0 Å². The molecular formula is C16H14N2O2. The van der Waals surface area contributed by atoms with E-state index in [4.69, 9.17) is 4.42 Å². The topological polar surface area (TPSA) is 49.5 Å². The van der Waals surface area contributed by atoms with Gasteiger partial charge in [0.15, 0.2) is 5.58 Å². The molecule has 100 valence electrons. The Bertz CT molecular complexity index is 735. The van der Waals surface area contributed by atoms with Crippen molar-refractivity contribution in [2.45, 2.75) is 12.8 Å². The summed E-state index contributed by atoms with van der Waals surface area (Å²) in [7, 11) is 0. The van der Waals surface area contributed by atoms with Crippen LogP contribution in [-0.4, -0.2) is 16.7 Å². The molecule has 0 radical (unpaired) electrons. The lowest BCUT2D eigenvalue weighted by Crippen LogP contribution is -2.14. The molecule has 0 spiro atoms. The maximum atomic E-state index is 9.91. The Morgan fingerprint density at radius 2 is 2.05 bits per heavy atom. The van der Waals surface area contributed by atoms with E-state index in [1.807, 2.05) is 42.5 Å². The smallest absolute Gasteiger partial charge is 0.227 e. The minimum atomic E-state index is 0.302. The van der Waals surface area contributed by atoms with Crippen LogP contribution in [0.25, 0.3) is 22.6 Å². The van der Waals surface area contributed by atoms with Crippen molar-refractivity contribution in [2.24, 2.45) is 0 Å². The van der Waals surface area contributed by atoms with Crippen LogP contribution < -0.4 is 5.06 Å². The highest BCUT2D eigenvalue weighted by atomic mass is 16.5. The molecule has 0 amide bonds. The minimum absolute atomic E-state index is 0.302. The first-order valence-electron chi connectivity index (χ1n) is 6.68. The zero-order valence-electron chi connectivity index (χ0n) is 11.1. The summed E-state index contributed by atoms with van der Waals surface area (Å²) < 4.78 is 5.81. The molecule has 3 aromatic rings. The highest BCUT2D eigenvalue weighted by Crippen LogP contribution is 2.38. The molecule has 20 heavy (non-hydrogen) atoms. The van der Waals surface area contributed by atoms with E-state index in [1.165, 1.54) is 5.06 Å². The van der Waals surface area contributed by atoms with Gasteiger partial charge in [-0.2, -0.15) is 0 Å². The van der Waals surface area contributed by atoms with E-state index in [-0.39, 0.29) is 0 Å². The van der Waals surface area contributed by atoms with E-state index in [1.54, 1.807) is 0 Å². The summed E-state index contributed by atoms with van der Waals surface area (Å²) >= 11 is 0. The quantitative estimate of drug-likeness (QED) is 0.727. The van der Waals surface area contributed by atoms with Crippen LogP contribution >= 0.6 is 0 Å². The standard InChI is InChI=1S/C16H14N2O2/c1-10-9-18(19)14-8-15-13(7-12(10)14)17-16(20-15)11-5-3-2-4-6-11/h2-8,10,19H,9H2,1H3. The summed E-state index contributed by atoms with van der Waals surface area (Å²) in [5, 5.41) is 11.2. The van der Waals surface area contributed by atoms with Crippen LogP contribution in [0.1, 0.15) is 18.4 Å². The number of benzene rings is 2. The van der Waals surface area contributed by atoms with Gasteiger partial charge in [0.2, 0.25) is 5.89 Å². The molecule has 1 unspecified atom stereocenters. The third kappa shape index (κ3) is 1.62. The summed E-state index contributed by atoms with van der Waals surface area (Å²) in [6.45, 7) is 2.71. The molecule has 0 bridgehead atoms.